The minimum atomic E-state index is -3.27. The molecule has 0 aliphatic carbocycles. The first-order chi connectivity index (χ1) is 15.9. The molecular weight excluding hydrogens is 468 g/mol. The second kappa shape index (κ2) is 8.57. The predicted octanol–water partition coefficient (Wildman–Crippen LogP) is 2.49. The molecule has 0 atom stereocenters. The SMILES string of the molecule is CS(=O)(=O)NCCCn1c(Sc2cc3c(cc2-c2ccco2)OCO3)nc2c(N)ncnc21. The van der Waals surface area contributed by atoms with Gasteiger partial charge in [0.25, 0.3) is 0 Å². The highest BCUT2D eigenvalue weighted by Crippen LogP contribution is 2.45. The number of benzene rings is 1. The molecule has 0 bridgehead atoms. The fraction of sp³-hybridized carbons (Fsp3) is 0.250. The Balaban J connectivity index is 1.53. The van der Waals surface area contributed by atoms with Gasteiger partial charge in [0.15, 0.2) is 33.6 Å². The number of sulfonamides is 1. The maximum Gasteiger partial charge on any atom is 0.231 e. The van der Waals surface area contributed by atoms with Crippen LogP contribution in [-0.4, -0.2) is 47.5 Å². The number of aryl methyl sites for hydroxylation is 1. The summed E-state index contributed by atoms with van der Waals surface area (Å²) in [6, 6.07) is 7.44. The number of hydrogen-bond acceptors (Lipinski definition) is 10. The molecule has 0 radical (unpaired) electrons. The first kappa shape index (κ1) is 21.6. The van der Waals surface area contributed by atoms with E-state index in [4.69, 9.17) is 19.6 Å². The van der Waals surface area contributed by atoms with Crippen molar-refractivity contribution in [2.75, 3.05) is 25.3 Å². The zero-order valence-electron chi connectivity index (χ0n) is 17.5. The van der Waals surface area contributed by atoms with Gasteiger partial charge in [0.2, 0.25) is 16.8 Å². The van der Waals surface area contributed by atoms with Crippen LogP contribution in [0.2, 0.25) is 0 Å². The summed E-state index contributed by atoms with van der Waals surface area (Å²) >= 11 is 1.40. The van der Waals surface area contributed by atoms with Crippen molar-refractivity contribution in [1.82, 2.24) is 24.2 Å². The van der Waals surface area contributed by atoms with E-state index >= 15 is 0 Å². The van der Waals surface area contributed by atoms with E-state index in [1.54, 1.807) is 6.26 Å². The van der Waals surface area contributed by atoms with Gasteiger partial charge < -0.3 is 24.2 Å². The van der Waals surface area contributed by atoms with Crippen molar-refractivity contribution >= 4 is 38.8 Å². The van der Waals surface area contributed by atoms with Gasteiger partial charge in [0.1, 0.15) is 12.1 Å². The van der Waals surface area contributed by atoms with Crippen LogP contribution >= 0.6 is 11.8 Å². The van der Waals surface area contributed by atoms with Crippen LogP contribution in [0.15, 0.2) is 51.3 Å². The lowest BCUT2D eigenvalue weighted by atomic mass is 10.1. The Kier molecular flexibility index (Phi) is 5.60. The number of aromatic nitrogens is 4. The minimum Gasteiger partial charge on any atom is -0.464 e. The lowest BCUT2D eigenvalue weighted by Crippen LogP contribution is -2.24. The molecule has 3 aromatic heterocycles. The number of fused-ring (bicyclic) bond motifs is 2. The van der Waals surface area contributed by atoms with E-state index in [-0.39, 0.29) is 19.2 Å². The van der Waals surface area contributed by atoms with Gasteiger partial charge in [-0.25, -0.2) is 28.1 Å². The number of hydrogen-bond donors (Lipinski definition) is 2. The van der Waals surface area contributed by atoms with Crippen LogP contribution in [0.4, 0.5) is 5.82 Å². The quantitative estimate of drug-likeness (QED) is 0.354. The lowest BCUT2D eigenvalue weighted by Gasteiger charge is -2.11. The normalized spacial score (nSPS) is 13.1. The third kappa shape index (κ3) is 4.47. The van der Waals surface area contributed by atoms with Gasteiger partial charge >= 0.3 is 0 Å². The van der Waals surface area contributed by atoms with Crippen LogP contribution in [0.5, 0.6) is 11.5 Å². The molecule has 1 aliphatic heterocycles. The first-order valence-corrected chi connectivity index (χ1v) is 12.7. The van der Waals surface area contributed by atoms with Gasteiger partial charge in [-0.1, -0.05) is 11.8 Å². The summed E-state index contributed by atoms with van der Waals surface area (Å²) in [5.41, 5.74) is 7.93. The fourth-order valence-electron chi connectivity index (χ4n) is 3.44. The van der Waals surface area contributed by atoms with E-state index < -0.39 is 10.0 Å². The summed E-state index contributed by atoms with van der Waals surface area (Å²) in [5, 5.41) is 0.628. The van der Waals surface area contributed by atoms with Crippen LogP contribution < -0.4 is 19.9 Å². The Hall–Kier alpha value is -3.29. The average Bonchev–Trinajstić information content (AvgIpc) is 3.51. The molecule has 13 heteroatoms. The smallest absolute Gasteiger partial charge is 0.231 e. The van der Waals surface area contributed by atoms with Crippen molar-refractivity contribution in [2.24, 2.45) is 0 Å². The zero-order valence-corrected chi connectivity index (χ0v) is 19.1. The molecule has 0 unspecified atom stereocenters. The number of nitrogen functional groups attached to an aromatic ring is 1. The summed E-state index contributed by atoms with van der Waals surface area (Å²) in [5.74, 6) is 2.22. The van der Waals surface area contributed by atoms with E-state index in [0.29, 0.717) is 46.5 Å². The molecule has 0 amide bonds. The minimum absolute atomic E-state index is 0.152. The van der Waals surface area contributed by atoms with Crippen LogP contribution in [0, 0.1) is 0 Å². The Morgan fingerprint density at radius 1 is 1.24 bits per heavy atom. The predicted molar refractivity (Wildman–Crippen MR) is 122 cm³/mol. The lowest BCUT2D eigenvalue weighted by molar-refractivity contribution is 0.174. The van der Waals surface area contributed by atoms with Crippen molar-refractivity contribution in [2.45, 2.75) is 23.0 Å². The second-order valence-electron chi connectivity index (χ2n) is 7.28. The molecule has 0 fully saturated rings. The molecule has 3 N–H and O–H groups in total. The topological polar surface area (TPSA) is 147 Å². The number of nitrogens with one attached hydrogen (secondary N) is 1. The summed E-state index contributed by atoms with van der Waals surface area (Å²) in [7, 11) is -3.27. The Labute approximate surface area is 193 Å². The van der Waals surface area contributed by atoms with Gasteiger partial charge in [-0.15, -0.1) is 0 Å². The number of imidazole rings is 1. The molecule has 33 heavy (non-hydrogen) atoms. The van der Waals surface area contributed by atoms with Crippen molar-refractivity contribution in [3.8, 4) is 22.8 Å². The standard InChI is InChI=1S/C20H20N6O5S2/c1-33(27,28)24-5-3-6-26-19-17(18(21)22-10-23-19)25-20(26)32-16-9-15-14(30-11-31-15)8-12(16)13-4-2-7-29-13/h2,4,7-10,24H,3,5-6,11H2,1H3,(H2,21,22,23). The van der Waals surface area contributed by atoms with Gasteiger partial charge in [-0.2, -0.15) is 0 Å². The van der Waals surface area contributed by atoms with Gasteiger partial charge in [0, 0.05) is 23.5 Å². The van der Waals surface area contributed by atoms with E-state index in [9.17, 15) is 8.42 Å². The van der Waals surface area contributed by atoms with Gasteiger partial charge in [-0.3, -0.25) is 0 Å². The Morgan fingerprint density at radius 3 is 2.82 bits per heavy atom. The highest BCUT2D eigenvalue weighted by molar-refractivity contribution is 7.99. The molecule has 4 aromatic rings. The number of nitrogens with zero attached hydrogens (tertiary/aromatic N) is 4. The van der Waals surface area contributed by atoms with Crippen molar-refractivity contribution < 1.29 is 22.3 Å². The molecule has 0 spiro atoms. The van der Waals surface area contributed by atoms with Gasteiger partial charge in [-0.05, 0) is 30.7 Å². The highest BCUT2D eigenvalue weighted by atomic mass is 32.2. The molecule has 1 aliphatic rings. The van der Waals surface area contributed by atoms with E-state index in [2.05, 4.69) is 19.7 Å². The second-order valence-corrected chi connectivity index (χ2v) is 10.1. The van der Waals surface area contributed by atoms with E-state index in [1.807, 2.05) is 28.8 Å². The number of anilines is 1. The third-order valence-corrected chi connectivity index (χ3v) is 6.69. The maximum absolute atomic E-state index is 11.4. The monoisotopic (exact) mass is 488 g/mol. The van der Waals surface area contributed by atoms with E-state index in [1.165, 1.54) is 18.1 Å². The molecular formula is C20H20N6O5S2. The highest BCUT2D eigenvalue weighted by Gasteiger charge is 2.23. The van der Waals surface area contributed by atoms with Crippen LogP contribution in [0.3, 0.4) is 0 Å². The molecule has 5 rings (SSSR count). The number of ether oxygens (including phenoxy) is 2. The summed E-state index contributed by atoms with van der Waals surface area (Å²) in [6.07, 6.45) is 4.65. The largest absolute Gasteiger partial charge is 0.464 e. The molecule has 1 aromatic carbocycles. The van der Waals surface area contributed by atoms with Gasteiger partial charge in [0.05, 0.1) is 12.5 Å². The van der Waals surface area contributed by atoms with Crippen LogP contribution in [0.25, 0.3) is 22.5 Å². The molecule has 172 valence electrons. The number of rotatable bonds is 8. The Bertz CT molecular complexity index is 1420. The van der Waals surface area contributed by atoms with Crippen molar-refractivity contribution in [3.63, 3.8) is 0 Å². The Morgan fingerprint density at radius 2 is 2.06 bits per heavy atom. The van der Waals surface area contributed by atoms with E-state index in [0.717, 1.165) is 16.7 Å². The zero-order chi connectivity index (χ0) is 23.0. The summed E-state index contributed by atoms with van der Waals surface area (Å²) in [6.45, 7) is 0.905. The van der Waals surface area contributed by atoms with Crippen LogP contribution in [-0.2, 0) is 16.6 Å². The van der Waals surface area contributed by atoms with Crippen LogP contribution in [0.1, 0.15) is 6.42 Å². The molecule has 0 saturated heterocycles. The number of nitrogens with two attached hydrogens (primary N) is 1. The first-order valence-electron chi connectivity index (χ1n) is 9.96. The fourth-order valence-corrected chi connectivity index (χ4v) is 5.01. The summed E-state index contributed by atoms with van der Waals surface area (Å²) < 4.78 is 43.9. The number of furan rings is 1. The van der Waals surface area contributed by atoms with Crippen molar-refractivity contribution in [3.05, 3.63) is 36.9 Å². The average molecular weight is 489 g/mol. The molecule has 0 saturated carbocycles. The molecule has 4 heterocycles. The summed E-state index contributed by atoms with van der Waals surface area (Å²) in [4.78, 5) is 13.9. The third-order valence-electron chi connectivity index (χ3n) is 4.91. The molecule has 11 nitrogen and oxygen atoms in total. The maximum atomic E-state index is 11.4. The van der Waals surface area contributed by atoms with Crippen molar-refractivity contribution in [1.29, 1.82) is 0 Å².